The summed E-state index contributed by atoms with van der Waals surface area (Å²) in [6, 6.07) is 8.81. The van der Waals surface area contributed by atoms with Crippen molar-refractivity contribution in [1.82, 2.24) is 10.2 Å². The van der Waals surface area contributed by atoms with Crippen molar-refractivity contribution in [3.8, 4) is 0 Å². The topological polar surface area (TPSA) is 32.3 Å². The third-order valence-electron chi connectivity index (χ3n) is 4.11. The summed E-state index contributed by atoms with van der Waals surface area (Å²) >= 11 is 1.65. The van der Waals surface area contributed by atoms with Crippen molar-refractivity contribution < 1.29 is 4.79 Å². The van der Waals surface area contributed by atoms with E-state index >= 15 is 0 Å². The molecule has 4 heteroatoms. The van der Waals surface area contributed by atoms with Gasteiger partial charge in [-0.05, 0) is 44.5 Å². The van der Waals surface area contributed by atoms with Crippen molar-refractivity contribution in [3.63, 3.8) is 0 Å². The van der Waals surface area contributed by atoms with Gasteiger partial charge < -0.3 is 10.2 Å². The van der Waals surface area contributed by atoms with Gasteiger partial charge in [-0.25, -0.2) is 0 Å². The number of thioether (sulfide) groups is 1. The van der Waals surface area contributed by atoms with E-state index in [1.54, 1.807) is 11.8 Å². The normalized spacial score (nSPS) is 17.3. The molecule has 1 unspecified atom stereocenters. The van der Waals surface area contributed by atoms with Gasteiger partial charge in [0.15, 0.2) is 0 Å². The van der Waals surface area contributed by atoms with Gasteiger partial charge in [0.05, 0.1) is 5.75 Å². The van der Waals surface area contributed by atoms with Crippen molar-refractivity contribution in [2.24, 2.45) is 0 Å². The van der Waals surface area contributed by atoms with Crippen molar-refractivity contribution in [2.75, 3.05) is 25.9 Å². The lowest BCUT2D eigenvalue weighted by Gasteiger charge is -2.20. The molecule has 1 atom stereocenters. The molecule has 1 aromatic carbocycles. The first-order chi connectivity index (χ1) is 10.2. The number of benzene rings is 1. The smallest absolute Gasteiger partial charge is 0.232 e. The van der Waals surface area contributed by atoms with E-state index in [0.29, 0.717) is 11.8 Å². The van der Waals surface area contributed by atoms with Crippen molar-refractivity contribution in [3.05, 3.63) is 29.8 Å². The standard InChI is InChI=1S/C17H26N2OS/c1-14(18-2)15-8-7-9-16(12-15)21-13-17(20)19-10-5-3-4-6-11-19/h7-9,12,14,18H,3-6,10-11,13H2,1-2H3. The van der Waals surface area contributed by atoms with E-state index in [0.717, 1.165) is 25.9 Å². The average molecular weight is 306 g/mol. The van der Waals surface area contributed by atoms with Crippen molar-refractivity contribution in [1.29, 1.82) is 0 Å². The molecule has 1 heterocycles. The number of carbonyl (C=O) groups excluding carboxylic acids is 1. The Labute approximate surface area is 132 Å². The molecule has 0 spiro atoms. The Morgan fingerprint density at radius 2 is 2.00 bits per heavy atom. The molecule has 0 bridgehead atoms. The molecule has 0 radical (unpaired) electrons. The molecule has 3 nitrogen and oxygen atoms in total. The predicted molar refractivity (Wildman–Crippen MR) is 89.7 cm³/mol. The highest BCUT2D eigenvalue weighted by molar-refractivity contribution is 8.00. The van der Waals surface area contributed by atoms with Gasteiger partial charge in [0, 0.05) is 24.0 Å². The highest BCUT2D eigenvalue weighted by Gasteiger charge is 2.15. The summed E-state index contributed by atoms with van der Waals surface area (Å²) < 4.78 is 0. The monoisotopic (exact) mass is 306 g/mol. The van der Waals surface area contributed by atoms with Crippen LogP contribution in [0.25, 0.3) is 0 Å². The molecule has 1 aromatic rings. The molecule has 1 fully saturated rings. The van der Waals surface area contributed by atoms with E-state index in [9.17, 15) is 4.79 Å². The number of hydrogen-bond acceptors (Lipinski definition) is 3. The second-order valence-corrected chi connectivity index (χ2v) is 6.72. The molecule has 116 valence electrons. The Morgan fingerprint density at radius 1 is 1.29 bits per heavy atom. The van der Waals surface area contributed by atoms with Gasteiger partial charge in [0.1, 0.15) is 0 Å². The third-order valence-corrected chi connectivity index (χ3v) is 5.09. The van der Waals surface area contributed by atoms with E-state index < -0.39 is 0 Å². The van der Waals surface area contributed by atoms with Gasteiger partial charge in [0.25, 0.3) is 0 Å². The number of nitrogens with zero attached hydrogens (tertiary/aromatic N) is 1. The van der Waals surface area contributed by atoms with Crippen LogP contribution in [0.4, 0.5) is 0 Å². The van der Waals surface area contributed by atoms with Crippen LogP contribution in [-0.2, 0) is 4.79 Å². The minimum atomic E-state index is 0.286. The van der Waals surface area contributed by atoms with Gasteiger partial charge in [-0.2, -0.15) is 0 Å². The largest absolute Gasteiger partial charge is 0.342 e. The van der Waals surface area contributed by atoms with Crippen LogP contribution in [0.1, 0.15) is 44.2 Å². The first kappa shape index (κ1) is 16.4. The first-order valence-corrected chi connectivity index (χ1v) is 8.87. The number of rotatable bonds is 5. The summed E-state index contributed by atoms with van der Waals surface area (Å²) in [5, 5.41) is 3.25. The second-order valence-electron chi connectivity index (χ2n) is 5.67. The molecule has 0 aromatic heterocycles. The quantitative estimate of drug-likeness (QED) is 0.846. The van der Waals surface area contributed by atoms with Crippen LogP contribution in [0.15, 0.2) is 29.2 Å². The molecule has 21 heavy (non-hydrogen) atoms. The summed E-state index contributed by atoms with van der Waals surface area (Å²) in [6.45, 7) is 4.03. The number of hydrogen-bond donors (Lipinski definition) is 1. The molecular weight excluding hydrogens is 280 g/mol. The lowest BCUT2D eigenvalue weighted by Crippen LogP contribution is -2.33. The lowest BCUT2D eigenvalue weighted by molar-refractivity contribution is -0.128. The van der Waals surface area contributed by atoms with E-state index in [2.05, 4.69) is 36.5 Å². The fourth-order valence-corrected chi connectivity index (χ4v) is 3.46. The Bertz CT molecular complexity index is 456. The van der Waals surface area contributed by atoms with Crippen LogP contribution >= 0.6 is 11.8 Å². The van der Waals surface area contributed by atoms with Crippen molar-refractivity contribution in [2.45, 2.75) is 43.5 Å². The molecule has 0 aliphatic carbocycles. The van der Waals surface area contributed by atoms with Crippen LogP contribution < -0.4 is 5.32 Å². The fourth-order valence-electron chi connectivity index (χ4n) is 2.60. The number of carbonyl (C=O) groups is 1. The fraction of sp³-hybridized carbons (Fsp3) is 0.588. The van der Waals surface area contributed by atoms with E-state index in [1.807, 2.05) is 11.9 Å². The van der Waals surface area contributed by atoms with Gasteiger partial charge >= 0.3 is 0 Å². The summed E-state index contributed by atoms with van der Waals surface area (Å²) in [6.07, 6.45) is 4.85. The number of amides is 1. The molecule has 0 saturated carbocycles. The zero-order valence-corrected chi connectivity index (χ0v) is 13.9. The van der Waals surface area contributed by atoms with Gasteiger partial charge in [-0.3, -0.25) is 4.79 Å². The van der Waals surface area contributed by atoms with Gasteiger partial charge in [0.2, 0.25) is 5.91 Å². The Hall–Kier alpha value is -1.00. The molecule has 1 aliphatic rings. The summed E-state index contributed by atoms with van der Waals surface area (Å²) in [5.41, 5.74) is 1.27. The summed E-state index contributed by atoms with van der Waals surface area (Å²) in [5.74, 6) is 0.839. The SMILES string of the molecule is CNC(C)c1cccc(SCC(=O)N2CCCCCC2)c1. The maximum Gasteiger partial charge on any atom is 0.232 e. The third kappa shape index (κ3) is 5.04. The minimum Gasteiger partial charge on any atom is -0.342 e. The average Bonchev–Trinajstić information content (AvgIpc) is 2.81. The summed E-state index contributed by atoms with van der Waals surface area (Å²) in [7, 11) is 1.97. The van der Waals surface area contributed by atoms with Crippen molar-refractivity contribution >= 4 is 17.7 Å². The van der Waals surface area contributed by atoms with Crippen LogP contribution in [0.5, 0.6) is 0 Å². The zero-order valence-electron chi connectivity index (χ0n) is 13.1. The van der Waals surface area contributed by atoms with Crippen LogP contribution in [0.2, 0.25) is 0 Å². The Balaban J connectivity index is 1.88. The van der Waals surface area contributed by atoms with E-state index in [-0.39, 0.29) is 5.91 Å². The van der Waals surface area contributed by atoms with E-state index in [1.165, 1.54) is 23.3 Å². The molecule has 1 aliphatic heterocycles. The molecule has 1 saturated heterocycles. The highest BCUT2D eigenvalue weighted by atomic mass is 32.2. The molecule has 1 N–H and O–H groups in total. The second kappa shape index (κ2) is 8.44. The molecule has 2 rings (SSSR count). The Morgan fingerprint density at radius 3 is 2.67 bits per heavy atom. The Kier molecular flexibility index (Phi) is 6.58. The van der Waals surface area contributed by atoms with Gasteiger partial charge in [-0.15, -0.1) is 11.8 Å². The first-order valence-electron chi connectivity index (χ1n) is 7.88. The predicted octanol–water partition coefficient (Wildman–Crippen LogP) is 3.46. The van der Waals surface area contributed by atoms with Gasteiger partial charge in [-0.1, -0.05) is 25.0 Å². The minimum absolute atomic E-state index is 0.286. The van der Waals surface area contributed by atoms with E-state index in [4.69, 9.17) is 0 Å². The molecule has 1 amide bonds. The maximum atomic E-state index is 12.3. The maximum absolute atomic E-state index is 12.3. The highest BCUT2D eigenvalue weighted by Crippen LogP contribution is 2.23. The number of likely N-dealkylation sites (tertiary alicyclic amines) is 1. The molecular formula is C17H26N2OS. The van der Waals surface area contributed by atoms with Crippen LogP contribution in [0, 0.1) is 0 Å². The van der Waals surface area contributed by atoms with Crippen LogP contribution in [0.3, 0.4) is 0 Å². The summed E-state index contributed by atoms with van der Waals surface area (Å²) in [4.78, 5) is 15.5. The van der Waals surface area contributed by atoms with Crippen LogP contribution in [-0.4, -0.2) is 36.7 Å². The number of nitrogens with one attached hydrogen (secondary N) is 1. The zero-order chi connectivity index (χ0) is 15.1. The lowest BCUT2D eigenvalue weighted by atomic mass is 10.1.